The average Bonchev–Trinajstić information content (AvgIpc) is 2.54. The molecule has 0 spiro atoms. The molecule has 3 rings (SSSR count). The van der Waals surface area contributed by atoms with Crippen molar-refractivity contribution < 1.29 is 9.53 Å². The predicted molar refractivity (Wildman–Crippen MR) is 81.0 cm³/mol. The number of rotatable bonds is 2. The van der Waals surface area contributed by atoms with Crippen molar-refractivity contribution in [2.75, 3.05) is 19.7 Å². The molecule has 0 aliphatic carbocycles. The van der Waals surface area contributed by atoms with Gasteiger partial charge in [-0.2, -0.15) is 0 Å². The molecule has 2 heterocycles. The van der Waals surface area contributed by atoms with Gasteiger partial charge in [-0.1, -0.05) is 24.3 Å². The Morgan fingerprint density at radius 2 is 2.19 bits per heavy atom. The number of nitrogens with two attached hydrogens (primary N) is 1. The standard InChI is InChI=1S/C16H19N3O2/c1-11-10-21-13(8-17)9-19(11)16(20)15-7-6-12-4-2-3-5-14(12)18-15/h2-7,11,13H,8-10,17H2,1H3. The highest BCUT2D eigenvalue weighted by Gasteiger charge is 2.30. The van der Waals surface area contributed by atoms with Crippen molar-refractivity contribution in [2.45, 2.75) is 19.1 Å². The van der Waals surface area contributed by atoms with Crippen LogP contribution >= 0.6 is 0 Å². The molecule has 1 aromatic carbocycles. The van der Waals surface area contributed by atoms with Gasteiger partial charge in [0, 0.05) is 18.5 Å². The minimum Gasteiger partial charge on any atom is -0.373 e. The molecule has 0 radical (unpaired) electrons. The number of nitrogens with zero attached hydrogens (tertiary/aromatic N) is 2. The molecule has 110 valence electrons. The Bertz CT molecular complexity index is 659. The number of carbonyl (C=O) groups excluding carboxylic acids is 1. The summed E-state index contributed by atoms with van der Waals surface area (Å²) >= 11 is 0. The molecule has 2 N–H and O–H groups in total. The number of pyridine rings is 1. The van der Waals surface area contributed by atoms with Crippen molar-refractivity contribution >= 4 is 16.8 Å². The van der Waals surface area contributed by atoms with E-state index in [4.69, 9.17) is 10.5 Å². The highest BCUT2D eigenvalue weighted by atomic mass is 16.5. The second-order valence-corrected chi connectivity index (χ2v) is 5.39. The lowest BCUT2D eigenvalue weighted by atomic mass is 10.1. The van der Waals surface area contributed by atoms with Crippen molar-refractivity contribution in [1.29, 1.82) is 0 Å². The number of hydrogen-bond acceptors (Lipinski definition) is 4. The van der Waals surface area contributed by atoms with E-state index in [1.54, 1.807) is 11.0 Å². The van der Waals surface area contributed by atoms with E-state index in [0.29, 0.717) is 25.4 Å². The smallest absolute Gasteiger partial charge is 0.272 e. The topological polar surface area (TPSA) is 68.5 Å². The van der Waals surface area contributed by atoms with Crippen LogP contribution in [-0.2, 0) is 4.74 Å². The summed E-state index contributed by atoms with van der Waals surface area (Å²) in [5.41, 5.74) is 6.95. The number of ether oxygens (including phenoxy) is 1. The third-order valence-corrected chi connectivity index (χ3v) is 3.85. The molecule has 5 nitrogen and oxygen atoms in total. The molecule has 0 bridgehead atoms. The van der Waals surface area contributed by atoms with Crippen LogP contribution in [0.25, 0.3) is 10.9 Å². The molecule has 5 heteroatoms. The lowest BCUT2D eigenvalue weighted by Crippen LogP contribution is -2.53. The van der Waals surface area contributed by atoms with Gasteiger partial charge in [-0.25, -0.2) is 4.98 Å². The van der Waals surface area contributed by atoms with Gasteiger partial charge in [0.05, 0.1) is 24.3 Å². The Kier molecular flexibility index (Phi) is 3.86. The number of para-hydroxylation sites is 1. The number of carbonyl (C=O) groups is 1. The summed E-state index contributed by atoms with van der Waals surface area (Å²) in [5.74, 6) is -0.0602. The van der Waals surface area contributed by atoms with Gasteiger partial charge in [-0.05, 0) is 19.1 Å². The fourth-order valence-electron chi connectivity index (χ4n) is 2.58. The van der Waals surface area contributed by atoms with Crippen molar-refractivity contribution in [3.05, 3.63) is 42.1 Å². The van der Waals surface area contributed by atoms with Gasteiger partial charge < -0.3 is 15.4 Å². The minimum atomic E-state index is -0.0920. The first-order chi connectivity index (χ1) is 10.2. The molecule has 1 aliphatic heterocycles. The van der Waals surface area contributed by atoms with E-state index in [1.165, 1.54) is 0 Å². The first-order valence-corrected chi connectivity index (χ1v) is 7.17. The molecule has 1 amide bonds. The number of benzene rings is 1. The largest absolute Gasteiger partial charge is 0.373 e. The van der Waals surface area contributed by atoms with E-state index in [1.807, 2.05) is 37.3 Å². The number of amides is 1. The quantitative estimate of drug-likeness (QED) is 0.906. The fraction of sp³-hybridized carbons (Fsp3) is 0.375. The van der Waals surface area contributed by atoms with E-state index in [9.17, 15) is 4.79 Å². The summed E-state index contributed by atoms with van der Waals surface area (Å²) in [7, 11) is 0. The van der Waals surface area contributed by atoms with Crippen LogP contribution in [0.5, 0.6) is 0 Å². The Morgan fingerprint density at radius 3 is 3.00 bits per heavy atom. The van der Waals surface area contributed by atoms with E-state index in [2.05, 4.69) is 4.98 Å². The Labute approximate surface area is 123 Å². The van der Waals surface area contributed by atoms with Gasteiger partial charge in [-0.3, -0.25) is 4.79 Å². The molecule has 2 aromatic rings. The van der Waals surface area contributed by atoms with Gasteiger partial charge in [0.25, 0.3) is 5.91 Å². The fourth-order valence-corrected chi connectivity index (χ4v) is 2.58. The van der Waals surface area contributed by atoms with Crippen LogP contribution in [0.4, 0.5) is 0 Å². The summed E-state index contributed by atoms with van der Waals surface area (Å²) in [6.07, 6.45) is -0.0920. The molecule has 1 aliphatic rings. The number of morpholine rings is 1. The maximum absolute atomic E-state index is 12.7. The van der Waals surface area contributed by atoms with E-state index in [0.717, 1.165) is 10.9 Å². The summed E-state index contributed by atoms with van der Waals surface area (Å²) < 4.78 is 5.59. The second-order valence-electron chi connectivity index (χ2n) is 5.39. The van der Waals surface area contributed by atoms with Crippen LogP contribution in [0.1, 0.15) is 17.4 Å². The van der Waals surface area contributed by atoms with Crippen molar-refractivity contribution in [3.8, 4) is 0 Å². The summed E-state index contributed by atoms with van der Waals surface area (Å²) in [6, 6.07) is 11.5. The SMILES string of the molecule is CC1COC(CN)CN1C(=O)c1ccc2ccccc2n1. The van der Waals surface area contributed by atoms with Crippen molar-refractivity contribution in [3.63, 3.8) is 0 Å². The zero-order valence-corrected chi connectivity index (χ0v) is 12.0. The molecule has 2 unspecified atom stereocenters. The second kappa shape index (κ2) is 5.79. The maximum Gasteiger partial charge on any atom is 0.272 e. The van der Waals surface area contributed by atoms with Crippen LogP contribution < -0.4 is 5.73 Å². The van der Waals surface area contributed by atoms with E-state index >= 15 is 0 Å². The molecule has 1 fully saturated rings. The van der Waals surface area contributed by atoms with E-state index in [-0.39, 0.29) is 18.1 Å². The normalized spacial score (nSPS) is 22.5. The maximum atomic E-state index is 12.7. The van der Waals surface area contributed by atoms with Gasteiger partial charge in [0.15, 0.2) is 0 Å². The molecule has 1 saturated heterocycles. The van der Waals surface area contributed by atoms with Crippen LogP contribution in [-0.4, -0.2) is 47.6 Å². The number of fused-ring (bicyclic) bond motifs is 1. The van der Waals surface area contributed by atoms with Gasteiger partial charge >= 0.3 is 0 Å². The highest BCUT2D eigenvalue weighted by Crippen LogP contribution is 2.17. The first-order valence-electron chi connectivity index (χ1n) is 7.17. The summed E-state index contributed by atoms with van der Waals surface area (Å²) in [5, 5.41) is 1.03. The van der Waals surface area contributed by atoms with Crippen LogP contribution in [0.3, 0.4) is 0 Å². The molecule has 0 saturated carbocycles. The Morgan fingerprint density at radius 1 is 1.38 bits per heavy atom. The first kappa shape index (κ1) is 14.0. The third-order valence-electron chi connectivity index (χ3n) is 3.85. The number of aromatic nitrogens is 1. The van der Waals surface area contributed by atoms with Crippen molar-refractivity contribution in [1.82, 2.24) is 9.88 Å². The lowest BCUT2D eigenvalue weighted by Gasteiger charge is -2.37. The van der Waals surface area contributed by atoms with Crippen LogP contribution in [0, 0.1) is 0 Å². The monoisotopic (exact) mass is 285 g/mol. The highest BCUT2D eigenvalue weighted by molar-refractivity contribution is 5.95. The average molecular weight is 285 g/mol. The summed E-state index contributed by atoms with van der Waals surface area (Å²) in [4.78, 5) is 19.0. The van der Waals surface area contributed by atoms with E-state index < -0.39 is 0 Å². The molecular weight excluding hydrogens is 266 g/mol. The Balaban J connectivity index is 1.88. The van der Waals surface area contributed by atoms with Crippen LogP contribution in [0.15, 0.2) is 36.4 Å². The Hall–Kier alpha value is -1.98. The number of hydrogen-bond donors (Lipinski definition) is 1. The summed E-state index contributed by atoms with van der Waals surface area (Å²) in [6.45, 7) is 3.43. The minimum absolute atomic E-state index is 0.0357. The molecular formula is C16H19N3O2. The van der Waals surface area contributed by atoms with Gasteiger partial charge in [-0.15, -0.1) is 0 Å². The van der Waals surface area contributed by atoms with Gasteiger partial charge in [0.2, 0.25) is 0 Å². The molecule has 1 aromatic heterocycles. The van der Waals surface area contributed by atoms with Gasteiger partial charge in [0.1, 0.15) is 5.69 Å². The molecule has 2 atom stereocenters. The van der Waals surface area contributed by atoms with Crippen molar-refractivity contribution in [2.24, 2.45) is 5.73 Å². The third kappa shape index (κ3) is 2.75. The lowest BCUT2D eigenvalue weighted by molar-refractivity contribution is -0.0427. The van der Waals surface area contributed by atoms with Crippen LogP contribution in [0.2, 0.25) is 0 Å². The predicted octanol–water partition coefficient (Wildman–Crippen LogP) is 1.42. The molecule has 21 heavy (non-hydrogen) atoms. The zero-order chi connectivity index (χ0) is 14.8. The zero-order valence-electron chi connectivity index (χ0n) is 12.0.